The maximum atomic E-state index is 4.76. The van der Waals surface area contributed by atoms with Crippen molar-refractivity contribution in [2.75, 3.05) is 19.0 Å². The number of aryl methyl sites for hydroxylation is 2. The Morgan fingerprint density at radius 2 is 1.95 bits per heavy atom. The average Bonchev–Trinajstić information content (AvgIpc) is 2.49. The minimum absolute atomic E-state index is 0.876. The van der Waals surface area contributed by atoms with Gasteiger partial charge in [0, 0.05) is 25.8 Å². The van der Waals surface area contributed by atoms with Crippen LogP contribution in [0.3, 0.4) is 0 Å². The van der Waals surface area contributed by atoms with E-state index < -0.39 is 0 Å². The first kappa shape index (κ1) is 15.5. The first-order valence-electron chi connectivity index (χ1n) is 7.54. The number of hydrogen-bond acceptors (Lipinski definition) is 3. The second kappa shape index (κ2) is 7.23. The molecule has 0 amide bonds. The van der Waals surface area contributed by atoms with E-state index in [4.69, 9.17) is 4.98 Å². The first-order valence-corrected chi connectivity index (χ1v) is 7.54. The van der Waals surface area contributed by atoms with Crippen LogP contribution in [-0.2, 0) is 19.5 Å². The van der Waals surface area contributed by atoms with Gasteiger partial charge in [0.15, 0.2) is 0 Å². The number of hydrogen-bond donors (Lipinski definition) is 1. The van der Waals surface area contributed by atoms with Gasteiger partial charge in [0.1, 0.15) is 5.82 Å². The van der Waals surface area contributed by atoms with E-state index in [1.165, 1.54) is 16.7 Å². The molecule has 0 spiro atoms. The molecule has 1 N–H and O–H groups in total. The number of nitrogens with zero attached hydrogens (tertiary/aromatic N) is 2. The molecule has 0 saturated carbocycles. The van der Waals surface area contributed by atoms with Crippen LogP contribution in [0.1, 0.15) is 29.3 Å². The van der Waals surface area contributed by atoms with Crippen molar-refractivity contribution < 1.29 is 0 Å². The molecule has 2 aromatic rings. The van der Waals surface area contributed by atoms with Gasteiger partial charge in [-0.3, -0.25) is 0 Å². The van der Waals surface area contributed by atoms with Crippen LogP contribution in [0.5, 0.6) is 0 Å². The Morgan fingerprint density at radius 3 is 2.62 bits per heavy atom. The highest BCUT2D eigenvalue weighted by Crippen LogP contribution is 2.18. The highest BCUT2D eigenvalue weighted by molar-refractivity contribution is 5.43. The summed E-state index contributed by atoms with van der Waals surface area (Å²) in [6.45, 7) is 6.06. The third-order valence-corrected chi connectivity index (χ3v) is 3.73. The number of anilines is 1. The van der Waals surface area contributed by atoms with Gasteiger partial charge in [-0.05, 0) is 49.2 Å². The molecule has 2 rings (SSSR count). The van der Waals surface area contributed by atoms with Crippen molar-refractivity contribution in [3.05, 3.63) is 58.8 Å². The molecule has 3 heteroatoms. The maximum absolute atomic E-state index is 4.76. The zero-order valence-electron chi connectivity index (χ0n) is 13.5. The van der Waals surface area contributed by atoms with Crippen LogP contribution in [0.2, 0.25) is 0 Å². The largest absolute Gasteiger partial charge is 0.355 e. The molecule has 1 heterocycles. The van der Waals surface area contributed by atoms with E-state index in [0.717, 1.165) is 31.0 Å². The Bertz CT molecular complexity index is 593. The van der Waals surface area contributed by atoms with Gasteiger partial charge in [-0.15, -0.1) is 0 Å². The van der Waals surface area contributed by atoms with Crippen molar-refractivity contribution in [3.63, 3.8) is 0 Å². The summed E-state index contributed by atoms with van der Waals surface area (Å²) in [4.78, 5) is 6.98. The molecule has 21 heavy (non-hydrogen) atoms. The fraction of sp³-hybridized carbons (Fsp3) is 0.389. The Hall–Kier alpha value is -1.87. The molecule has 0 fully saturated rings. The molecular weight excluding hydrogens is 258 g/mol. The van der Waals surface area contributed by atoms with E-state index >= 15 is 0 Å². The van der Waals surface area contributed by atoms with Gasteiger partial charge in [0.25, 0.3) is 0 Å². The summed E-state index contributed by atoms with van der Waals surface area (Å²) in [5, 5.41) is 3.21. The number of nitrogens with one attached hydrogen (secondary N) is 1. The summed E-state index contributed by atoms with van der Waals surface area (Å²) in [7, 11) is 4.08. The lowest BCUT2D eigenvalue weighted by Crippen LogP contribution is -2.19. The van der Waals surface area contributed by atoms with Gasteiger partial charge in [0.05, 0.1) is 0 Å². The lowest BCUT2D eigenvalue weighted by molar-refractivity contribution is 0.805. The van der Waals surface area contributed by atoms with Gasteiger partial charge in [-0.1, -0.05) is 31.2 Å². The molecule has 0 aliphatic heterocycles. The average molecular weight is 283 g/mol. The monoisotopic (exact) mass is 283 g/mol. The van der Waals surface area contributed by atoms with Crippen LogP contribution >= 0.6 is 0 Å². The van der Waals surface area contributed by atoms with Crippen molar-refractivity contribution in [2.45, 2.75) is 33.4 Å². The van der Waals surface area contributed by atoms with Crippen molar-refractivity contribution in [2.24, 2.45) is 0 Å². The minimum atomic E-state index is 0.876. The van der Waals surface area contributed by atoms with E-state index in [9.17, 15) is 0 Å². The second-order valence-corrected chi connectivity index (χ2v) is 5.49. The molecule has 0 radical (unpaired) electrons. The van der Waals surface area contributed by atoms with E-state index in [1.54, 1.807) is 0 Å². The number of benzene rings is 1. The molecule has 0 saturated heterocycles. The normalized spacial score (nSPS) is 10.7. The minimum Gasteiger partial charge on any atom is -0.355 e. The summed E-state index contributed by atoms with van der Waals surface area (Å²) in [6, 6.07) is 12.9. The highest BCUT2D eigenvalue weighted by Gasteiger charge is 2.08. The molecule has 0 atom stereocenters. The zero-order valence-corrected chi connectivity index (χ0v) is 13.5. The quantitative estimate of drug-likeness (QED) is 0.881. The Morgan fingerprint density at radius 1 is 1.19 bits per heavy atom. The first-order chi connectivity index (χ1) is 10.1. The van der Waals surface area contributed by atoms with E-state index in [-0.39, 0.29) is 0 Å². The number of rotatable bonds is 6. The van der Waals surface area contributed by atoms with Crippen LogP contribution in [0.25, 0.3) is 0 Å². The zero-order chi connectivity index (χ0) is 15.2. The molecule has 1 aromatic heterocycles. The van der Waals surface area contributed by atoms with Crippen LogP contribution in [0.15, 0.2) is 36.4 Å². The standard InChI is InChI=1S/C18H25N3/c1-5-17-10-15(12-19-3)11-18(20-17)21(4)13-16-9-7-6-8-14(16)2/h6-11,19H,5,12-13H2,1-4H3. The van der Waals surface area contributed by atoms with Gasteiger partial charge in [-0.25, -0.2) is 4.98 Å². The van der Waals surface area contributed by atoms with Gasteiger partial charge in [-0.2, -0.15) is 0 Å². The fourth-order valence-electron chi connectivity index (χ4n) is 2.44. The predicted octanol–water partition coefficient (Wildman–Crippen LogP) is 3.31. The fourth-order valence-corrected chi connectivity index (χ4v) is 2.44. The number of pyridine rings is 1. The number of aromatic nitrogens is 1. The smallest absolute Gasteiger partial charge is 0.129 e. The predicted molar refractivity (Wildman–Crippen MR) is 89.7 cm³/mol. The van der Waals surface area contributed by atoms with Crippen LogP contribution in [0, 0.1) is 6.92 Å². The molecule has 112 valence electrons. The van der Waals surface area contributed by atoms with Crippen molar-refractivity contribution >= 4 is 5.82 Å². The van der Waals surface area contributed by atoms with E-state index in [1.807, 2.05) is 7.05 Å². The molecule has 3 nitrogen and oxygen atoms in total. The van der Waals surface area contributed by atoms with E-state index in [0.29, 0.717) is 0 Å². The Labute approximate surface area is 128 Å². The maximum Gasteiger partial charge on any atom is 0.129 e. The van der Waals surface area contributed by atoms with Crippen LogP contribution in [-0.4, -0.2) is 19.1 Å². The van der Waals surface area contributed by atoms with Gasteiger partial charge >= 0.3 is 0 Å². The lowest BCUT2D eigenvalue weighted by Gasteiger charge is -2.21. The lowest BCUT2D eigenvalue weighted by atomic mass is 10.1. The topological polar surface area (TPSA) is 28.2 Å². The van der Waals surface area contributed by atoms with Gasteiger partial charge in [0.2, 0.25) is 0 Å². The Balaban J connectivity index is 2.23. The summed E-state index contributed by atoms with van der Waals surface area (Å²) >= 11 is 0. The highest BCUT2D eigenvalue weighted by atomic mass is 15.2. The van der Waals surface area contributed by atoms with Crippen molar-refractivity contribution in [1.29, 1.82) is 0 Å². The van der Waals surface area contributed by atoms with Crippen molar-refractivity contribution in [3.8, 4) is 0 Å². The molecular formula is C18H25N3. The van der Waals surface area contributed by atoms with Crippen LogP contribution in [0.4, 0.5) is 5.82 Å². The summed E-state index contributed by atoms with van der Waals surface area (Å²) in [5.74, 6) is 1.04. The van der Waals surface area contributed by atoms with Crippen molar-refractivity contribution in [1.82, 2.24) is 10.3 Å². The molecule has 0 unspecified atom stereocenters. The summed E-state index contributed by atoms with van der Waals surface area (Å²) in [5.41, 5.74) is 5.11. The third-order valence-electron chi connectivity index (χ3n) is 3.73. The van der Waals surface area contributed by atoms with Gasteiger partial charge < -0.3 is 10.2 Å². The summed E-state index contributed by atoms with van der Waals surface area (Å²) < 4.78 is 0. The second-order valence-electron chi connectivity index (χ2n) is 5.49. The SMILES string of the molecule is CCc1cc(CNC)cc(N(C)Cc2ccccc2C)n1. The third kappa shape index (κ3) is 4.05. The molecule has 0 aliphatic rings. The van der Waals surface area contributed by atoms with Crippen LogP contribution < -0.4 is 10.2 Å². The Kier molecular flexibility index (Phi) is 5.34. The molecule has 0 bridgehead atoms. The molecule has 1 aromatic carbocycles. The molecule has 0 aliphatic carbocycles. The summed E-state index contributed by atoms with van der Waals surface area (Å²) in [6.07, 6.45) is 0.961. The van der Waals surface area contributed by atoms with E-state index in [2.05, 4.69) is 67.5 Å².